The second-order valence-corrected chi connectivity index (χ2v) is 7.17. The van der Waals surface area contributed by atoms with E-state index in [0.717, 1.165) is 31.9 Å². The largest absolute Gasteiger partial charge is 0.330 e. The maximum absolute atomic E-state index is 6.07. The highest BCUT2D eigenvalue weighted by Crippen LogP contribution is 2.33. The number of nitrogens with zero attached hydrogens (tertiary/aromatic N) is 4. The van der Waals surface area contributed by atoms with E-state index in [9.17, 15) is 0 Å². The molecule has 2 heterocycles. The lowest BCUT2D eigenvalue weighted by atomic mass is 9.89. The van der Waals surface area contributed by atoms with E-state index in [1.165, 1.54) is 16.7 Å². The van der Waals surface area contributed by atoms with Crippen LogP contribution in [-0.4, -0.2) is 39.3 Å². The van der Waals surface area contributed by atoms with Crippen molar-refractivity contribution in [2.45, 2.75) is 19.4 Å². The van der Waals surface area contributed by atoms with Crippen molar-refractivity contribution < 1.29 is 0 Å². The molecule has 6 heteroatoms. The molecule has 4 rings (SSSR count). The molecular formula is C21H26ClN5. The van der Waals surface area contributed by atoms with Crippen LogP contribution in [0.25, 0.3) is 5.69 Å². The summed E-state index contributed by atoms with van der Waals surface area (Å²) in [6.45, 7) is 5.94. The highest BCUT2D eigenvalue weighted by molar-refractivity contribution is 5.85. The number of nitrogens with two attached hydrogens (primary N) is 1. The first-order valence-electron chi connectivity index (χ1n) is 9.16. The fourth-order valence-electron chi connectivity index (χ4n) is 4.07. The Balaban J connectivity index is 0.00000210. The van der Waals surface area contributed by atoms with Gasteiger partial charge < -0.3 is 5.73 Å². The summed E-state index contributed by atoms with van der Waals surface area (Å²) in [7, 11) is 0. The molecule has 0 amide bonds. The first-order chi connectivity index (χ1) is 12.7. The first-order valence-corrected chi connectivity index (χ1v) is 9.16. The zero-order valence-electron chi connectivity index (χ0n) is 15.5. The van der Waals surface area contributed by atoms with Gasteiger partial charge in [0, 0.05) is 25.6 Å². The SMILES string of the molecule is Cc1cc(CN2C[C@@H](CN)[C@H](c3ccccc3)C2)ccc1-n1cncn1.Cl. The quantitative estimate of drug-likeness (QED) is 0.735. The molecule has 1 aromatic heterocycles. The van der Waals surface area contributed by atoms with Crippen molar-refractivity contribution in [2.24, 2.45) is 11.7 Å². The molecule has 2 N–H and O–H groups in total. The van der Waals surface area contributed by atoms with E-state index in [0.29, 0.717) is 11.8 Å². The Labute approximate surface area is 166 Å². The molecule has 1 saturated heterocycles. The minimum atomic E-state index is 0. The van der Waals surface area contributed by atoms with Gasteiger partial charge in [-0.3, -0.25) is 4.90 Å². The summed E-state index contributed by atoms with van der Waals surface area (Å²) in [6, 6.07) is 17.4. The second kappa shape index (κ2) is 8.65. The Kier molecular flexibility index (Phi) is 6.26. The molecule has 1 fully saturated rings. The van der Waals surface area contributed by atoms with Crippen molar-refractivity contribution in [3.63, 3.8) is 0 Å². The third-order valence-electron chi connectivity index (χ3n) is 5.38. The molecule has 0 aliphatic carbocycles. The van der Waals surface area contributed by atoms with E-state index in [4.69, 9.17) is 5.73 Å². The van der Waals surface area contributed by atoms with Gasteiger partial charge in [-0.25, -0.2) is 9.67 Å². The van der Waals surface area contributed by atoms with Crippen LogP contribution < -0.4 is 5.73 Å². The maximum Gasteiger partial charge on any atom is 0.138 e. The lowest BCUT2D eigenvalue weighted by Gasteiger charge is -2.17. The van der Waals surface area contributed by atoms with Gasteiger partial charge in [-0.1, -0.05) is 42.5 Å². The van der Waals surface area contributed by atoms with Gasteiger partial charge in [0.05, 0.1) is 5.69 Å². The summed E-state index contributed by atoms with van der Waals surface area (Å²) in [4.78, 5) is 6.56. The Morgan fingerprint density at radius 3 is 2.59 bits per heavy atom. The molecule has 3 aromatic rings. The van der Waals surface area contributed by atoms with E-state index in [1.54, 1.807) is 12.7 Å². The van der Waals surface area contributed by atoms with E-state index >= 15 is 0 Å². The maximum atomic E-state index is 6.07. The fourth-order valence-corrected chi connectivity index (χ4v) is 4.07. The molecular weight excluding hydrogens is 358 g/mol. The Morgan fingerprint density at radius 2 is 1.93 bits per heavy atom. The monoisotopic (exact) mass is 383 g/mol. The van der Waals surface area contributed by atoms with E-state index in [1.807, 2.05) is 4.68 Å². The van der Waals surface area contributed by atoms with Gasteiger partial charge in [0.1, 0.15) is 12.7 Å². The number of halogens is 1. The molecule has 0 saturated carbocycles. The molecule has 0 spiro atoms. The van der Waals surface area contributed by atoms with Gasteiger partial charge in [-0.05, 0) is 42.1 Å². The lowest BCUT2D eigenvalue weighted by molar-refractivity contribution is 0.317. The molecule has 1 aliphatic heterocycles. The average Bonchev–Trinajstić information content (AvgIpc) is 3.32. The zero-order chi connectivity index (χ0) is 17.9. The topological polar surface area (TPSA) is 60.0 Å². The van der Waals surface area contributed by atoms with Gasteiger partial charge in [0.25, 0.3) is 0 Å². The van der Waals surface area contributed by atoms with Gasteiger partial charge in [-0.2, -0.15) is 5.10 Å². The minimum Gasteiger partial charge on any atom is -0.330 e. The van der Waals surface area contributed by atoms with Crippen LogP contribution in [0.4, 0.5) is 0 Å². The van der Waals surface area contributed by atoms with E-state index in [-0.39, 0.29) is 12.4 Å². The molecule has 1 aliphatic rings. The Hall–Kier alpha value is -2.21. The molecule has 2 atom stereocenters. The second-order valence-electron chi connectivity index (χ2n) is 7.17. The number of hydrogen-bond donors (Lipinski definition) is 1. The molecule has 27 heavy (non-hydrogen) atoms. The smallest absolute Gasteiger partial charge is 0.138 e. The predicted octanol–water partition coefficient (Wildman–Crippen LogP) is 3.17. The summed E-state index contributed by atoms with van der Waals surface area (Å²) >= 11 is 0. The van der Waals surface area contributed by atoms with Crippen molar-refractivity contribution in [3.8, 4) is 5.69 Å². The van der Waals surface area contributed by atoms with Gasteiger partial charge in [-0.15, -0.1) is 12.4 Å². The summed E-state index contributed by atoms with van der Waals surface area (Å²) in [5.74, 6) is 1.05. The van der Waals surface area contributed by atoms with Gasteiger partial charge in [0.15, 0.2) is 0 Å². The van der Waals surface area contributed by atoms with Crippen LogP contribution in [0.2, 0.25) is 0 Å². The highest BCUT2D eigenvalue weighted by Gasteiger charge is 2.32. The number of aryl methyl sites for hydroxylation is 1. The molecule has 0 unspecified atom stereocenters. The first kappa shape index (κ1) is 19.5. The summed E-state index contributed by atoms with van der Waals surface area (Å²) < 4.78 is 1.81. The number of rotatable bonds is 5. The van der Waals surface area contributed by atoms with E-state index < -0.39 is 0 Å². The van der Waals surface area contributed by atoms with Crippen molar-refractivity contribution in [1.29, 1.82) is 0 Å². The molecule has 5 nitrogen and oxygen atoms in total. The lowest BCUT2D eigenvalue weighted by Crippen LogP contribution is -2.23. The van der Waals surface area contributed by atoms with Crippen LogP contribution in [-0.2, 0) is 6.54 Å². The van der Waals surface area contributed by atoms with Crippen molar-refractivity contribution in [2.75, 3.05) is 19.6 Å². The fraction of sp³-hybridized carbons (Fsp3) is 0.333. The molecule has 0 bridgehead atoms. The molecule has 0 radical (unpaired) electrons. The number of likely N-dealkylation sites (tertiary alicyclic amines) is 1. The normalized spacial score (nSPS) is 19.8. The van der Waals surface area contributed by atoms with Crippen LogP contribution in [0.5, 0.6) is 0 Å². The highest BCUT2D eigenvalue weighted by atomic mass is 35.5. The van der Waals surface area contributed by atoms with Gasteiger partial charge in [0.2, 0.25) is 0 Å². The molecule has 2 aromatic carbocycles. The number of aromatic nitrogens is 3. The van der Waals surface area contributed by atoms with Crippen molar-refractivity contribution in [1.82, 2.24) is 19.7 Å². The number of hydrogen-bond acceptors (Lipinski definition) is 4. The molecule has 142 valence electrons. The Morgan fingerprint density at radius 1 is 1.11 bits per heavy atom. The van der Waals surface area contributed by atoms with Crippen LogP contribution in [0.1, 0.15) is 22.6 Å². The predicted molar refractivity (Wildman–Crippen MR) is 110 cm³/mol. The van der Waals surface area contributed by atoms with Crippen LogP contribution in [0.3, 0.4) is 0 Å². The van der Waals surface area contributed by atoms with Crippen molar-refractivity contribution in [3.05, 3.63) is 77.9 Å². The summed E-state index contributed by atoms with van der Waals surface area (Å²) in [5, 5.41) is 4.23. The van der Waals surface area contributed by atoms with Crippen molar-refractivity contribution >= 4 is 12.4 Å². The van der Waals surface area contributed by atoms with Crippen LogP contribution >= 0.6 is 12.4 Å². The minimum absolute atomic E-state index is 0. The number of benzene rings is 2. The zero-order valence-corrected chi connectivity index (χ0v) is 16.3. The Bertz CT molecular complexity index is 850. The summed E-state index contributed by atoms with van der Waals surface area (Å²) in [5.41, 5.74) is 11.1. The van der Waals surface area contributed by atoms with Crippen LogP contribution in [0.15, 0.2) is 61.2 Å². The van der Waals surface area contributed by atoms with Gasteiger partial charge >= 0.3 is 0 Å². The van der Waals surface area contributed by atoms with E-state index in [2.05, 4.69) is 70.4 Å². The third-order valence-corrected chi connectivity index (χ3v) is 5.38. The standard InChI is InChI=1S/C21H25N5.ClH/c1-16-9-17(7-8-21(16)26-15-23-14-24-26)11-25-12-19(10-22)20(13-25)18-5-3-2-4-6-18;/h2-9,14-15,19-20H,10-13,22H2,1H3;1H/t19-,20+;/m1./s1. The average molecular weight is 384 g/mol. The third kappa shape index (κ3) is 4.21. The van der Waals surface area contributed by atoms with Crippen LogP contribution in [0, 0.1) is 12.8 Å². The summed E-state index contributed by atoms with van der Waals surface area (Å²) in [6.07, 6.45) is 3.30.